The first-order chi connectivity index (χ1) is 23.7. The van der Waals surface area contributed by atoms with Gasteiger partial charge in [0.15, 0.2) is 0 Å². The van der Waals surface area contributed by atoms with E-state index in [1.807, 2.05) is 72.8 Å². The number of cyclic esters (lactones) is 2. The van der Waals surface area contributed by atoms with Gasteiger partial charge >= 0.3 is 11.9 Å². The first kappa shape index (κ1) is 35.7. The van der Waals surface area contributed by atoms with Crippen LogP contribution in [0.5, 0.6) is 0 Å². The van der Waals surface area contributed by atoms with Crippen molar-refractivity contribution in [3.8, 4) is 0 Å². The normalized spacial score (nSPS) is 17.8. The van der Waals surface area contributed by atoms with E-state index in [1.54, 1.807) is 6.08 Å². The number of carbonyl (C=O) groups excluding carboxylic acids is 2. The molecule has 2 aliphatic rings. The highest BCUT2D eigenvalue weighted by atomic mass is 28.3. The minimum atomic E-state index is -1.88. The van der Waals surface area contributed by atoms with Gasteiger partial charge in [-0.25, -0.2) is 9.59 Å². The Hall–Kier alpha value is -4.56. The van der Waals surface area contributed by atoms with Crippen LogP contribution in [0.25, 0.3) is 11.1 Å². The maximum atomic E-state index is 12.1. The number of hydrogen-bond donors (Lipinski definition) is 1. The van der Waals surface area contributed by atoms with Gasteiger partial charge in [0.25, 0.3) is 0 Å². The van der Waals surface area contributed by atoms with Crippen LogP contribution in [0.4, 0.5) is 0 Å². The fourth-order valence-corrected chi connectivity index (χ4v) is 8.91. The Kier molecular flexibility index (Phi) is 12.5. The van der Waals surface area contributed by atoms with Crippen LogP contribution < -0.4 is 10.4 Å². The van der Waals surface area contributed by atoms with Crippen molar-refractivity contribution < 1.29 is 28.6 Å². The molecule has 0 spiro atoms. The molecule has 0 radical (unpaired) electrons. The van der Waals surface area contributed by atoms with Crippen LogP contribution in [0.15, 0.2) is 133 Å². The first-order valence-electron chi connectivity index (χ1n) is 17.0. The van der Waals surface area contributed by atoms with Crippen LogP contribution in [0.1, 0.15) is 57.6 Å². The maximum Gasteiger partial charge on any atom is 0.331 e. The minimum absolute atomic E-state index is 0.0332. The molecule has 2 aliphatic heterocycles. The lowest BCUT2D eigenvalue weighted by Crippen LogP contribution is -2.49. The molecule has 6 rings (SSSR count). The molecular weight excluding hydrogens is 629 g/mol. The molecule has 0 saturated carbocycles. The Morgan fingerprint density at radius 2 is 1.06 bits per heavy atom. The van der Waals surface area contributed by atoms with Crippen LogP contribution in [0.2, 0.25) is 0 Å². The Balaban J connectivity index is 0.000000244. The molecule has 0 amide bonds. The smallest absolute Gasteiger partial charge is 0.331 e. The van der Waals surface area contributed by atoms with Gasteiger partial charge in [0.05, 0.1) is 6.10 Å². The summed E-state index contributed by atoms with van der Waals surface area (Å²) in [5.74, 6) is -0.547. The van der Waals surface area contributed by atoms with Crippen LogP contribution in [0.3, 0.4) is 0 Å². The lowest BCUT2D eigenvalue weighted by atomic mass is 9.85. The summed E-state index contributed by atoms with van der Waals surface area (Å²) < 4.78 is 17.9. The lowest BCUT2D eigenvalue weighted by molar-refractivity contribution is -0.139. The Morgan fingerprint density at radius 3 is 1.47 bits per heavy atom. The summed E-state index contributed by atoms with van der Waals surface area (Å²) in [5.41, 5.74) is 3.89. The molecule has 254 valence electrons. The van der Waals surface area contributed by atoms with E-state index in [9.17, 15) is 9.59 Å². The summed E-state index contributed by atoms with van der Waals surface area (Å²) in [5, 5.41) is 11.3. The van der Waals surface area contributed by atoms with Gasteiger partial charge in [-0.1, -0.05) is 142 Å². The molecule has 1 N–H and O–H groups in total. The van der Waals surface area contributed by atoms with Crippen LogP contribution in [-0.4, -0.2) is 51.0 Å². The first-order valence-corrected chi connectivity index (χ1v) is 18.7. The molecule has 0 fully saturated rings. The quantitative estimate of drug-likeness (QED) is 0.136. The molecule has 3 atom stereocenters. The average Bonchev–Trinajstić information content (AvgIpc) is 3.69. The molecule has 6 nitrogen and oxygen atoms in total. The van der Waals surface area contributed by atoms with Crippen LogP contribution in [-0.2, 0) is 23.5 Å². The van der Waals surface area contributed by atoms with Gasteiger partial charge in [0.1, 0.15) is 12.2 Å². The summed E-state index contributed by atoms with van der Waals surface area (Å²) in [4.78, 5) is 23.3. The highest BCUT2D eigenvalue weighted by Crippen LogP contribution is 2.33. The van der Waals surface area contributed by atoms with Gasteiger partial charge in [-0.2, -0.15) is 0 Å². The van der Waals surface area contributed by atoms with E-state index in [4.69, 9.17) is 19.0 Å². The Bertz CT molecular complexity index is 1660. The highest BCUT2D eigenvalue weighted by molar-refractivity contribution is 6.80. The second-order valence-electron chi connectivity index (χ2n) is 13.4. The average molecular weight is 675 g/mol. The van der Waals surface area contributed by atoms with Crippen molar-refractivity contribution in [2.24, 2.45) is 5.41 Å². The molecule has 2 heterocycles. The summed E-state index contributed by atoms with van der Waals surface area (Å²) in [6, 6.07) is 40.9. The van der Waals surface area contributed by atoms with E-state index in [2.05, 4.69) is 69.3 Å². The fraction of sp³-hybridized carbons (Fsp3) is 0.286. The fourth-order valence-electron chi connectivity index (χ4n) is 6.20. The van der Waals surface area contributed by atoms with Crippen LogP contribution in [0, 0.1) is 5.41 Å². The highest BCUT2D eigenvalue weighted by Gasteiger charge is 2.34. The zero-order chi connectivity index (χ0) is 34.6. The van der Waals surface area contributed by atoms with Gasteiger partial charge < -0.3 is 19.0 Å². The summed E-state index contributed by atoms with van der Waals surface area (Å²) in [6.45, 7) is 6.81. The third-order valence-electron chi connectivity index (χ3n) is 8.76. The third-order valence-corrected chi connectivity index (χ3v) is 11.3. The van der Waals surface area contributed by atoms with Gasteiger partial charge in [0, 0.05) is 29.9 Å². The number of esters is 2. The predicted molar refractivity (Wildman–Crippen MR) is 198 cm³/mol. The molecular formula is C42H46O6Si. The molecule has 3 unspecified atom stereocenters. The van der Waals surface area contributed by atoms with Crippen molar-refractivity contribution in [3.63, 3.8) is 0 Å². The van der Waals surface area contributed by atoms with E-state index in [0.29, 0.717) is 12.8 Å². The number of rotatable bonds is 12. The summed E-state index contributed by atoms with van der Waals surface area (Å²) in [6.07, 6.45) is 5.63. The SMILES string of the molecule is CC(C)(C)C(CCC1OC(=O)C=C1c1ccccc1)O[SiH](c1ccccc1)c1ccccc1.O=C1C=C(c2ccccc2)C(CCCO)O1. The Labute approximate surface area is 291 Å². The van der Waals surface area contributed by atoms with Crippen LogP contribution >= 0.6 is 0 Å². The zero-order valence-corrected chi connectivity index (χ0v) is 29.7. The number of carbonyl (C=O) groups is 2. The molecule has 0 bridgehead atoms. The lowest BCUT2D eigenvalue weighted by Gasteiger charge is -2.35. The topological polar surface area (TPSA) is 82.1 Å². The van der Waals surface area contributed by atoms with Gasteiger partial charge in [0.2, 0.25) is 9.04 Å². The molecule has 4 aromatic rings. The number of hydrogen-bond acceptors (Lipinski definition) is 6. The molecule has 0 aromatic heterocycles. The zero-order valence-electron chi connectivity index (χ0n) is 28.5. The number of ether oxygens (including phenoxy) is 2. The monoisotopic (exact) mass is 674 g/mol. The van der Waals surface area contributed by atoms with Gasteiger partial charge in [-0.15, -0.1) is 0 Å². The van der Waals surface area contributed by atoms with Crippen molar-refractivity contribution in [2.45, 2.75) is 64.8 Å². The van der Waals surface area contributed by atoms with Crippen molar-refractivity contribution in [1.29, 1.82) is 0 Å². The van der Waals surface area contributed by atoms with Crippen molar-refractivity contribution in [2.75, 3.05) is 6.61 Å². The van der Waals surface area contributed by atoms with Crippen molar-refractivity contribution >= 4 is 42.5 Å². The summed E-state index contributed by atoms with van der Waals surface area (Å²) >= 11 is 0. The molecule has 0 aliphatic carbocycles. The molecule has 0 saturated heterocycles. The molecule has 4 aromatic carbocycles. The maximum absolute atomic E-state index is 12.1. The van der Waals surface area contributed by atoms with Crippen molar-refractivity contribution in [3.05, 3.63) is 145 Å². The number of aliphatic hydroxyl groups is 1. The van der Waals surface area contributed by atoms with Gasteiger partial charge in [-0.3, -0.25) is 0 Å². The third kappa shape index (κ3) is 9.98. The van der Waals surface area contributed by atoms with E-state index in [1.165, 1.54) is 16.4 Å². The number of benzene rings is 4. The molecule has 7 heteroatoms. The predicted octanol–water partition coefficient (Wildman–Crippen LogP) is 6.51. The van der Waals surface area contributed by atoms with E-state index in [0.717, 1.165) is 35.1 Å². The number of aliphatic hydroxyl groups excluding tert-OH is 1. The van der Waals surface area contributed by atoms with E-state index < -0.39 is 9.04 Å². The van der Waals surface area contributed by atoms with E-state index >= 15 is 0 Å². The Morgan fingerprint density at radius 1 is 0.653 bits per heavy atom. The standard InChI is InChI=1S/C29H32O3Si.C13H14O3/c1-29(2,3)27(20-19-26-25(21-28(30)31-26)22-13-7-4-8-14-22)32-33(23-15-9-5-10-16-23)24-17-11-6-12-18-24;14-8-4-7-12-11(9-13(15)16-12)10-5-2-1-3-6-10/h4-18,21,26-27,33H,19-20H2,1-3H3;1-3,5-6,9,12,14H,4,7-8H2. The van der Waals surface area contributed by atoms with E-state index in [-0.39, 0.29) is 42.3 Å². The second kappa shape index (κ2) is 17.2. The van der Waals surface area contributed by atoms with Crippen molar-refractivity contribution in [1.82, 2.24) is 0 Å². The summed E-state index contributed by atoms with van der Waals surface area (Å²) in [7, 11) is -1.88. The largest absolute Gasteiger partial charge is 0.454 e. The second-order valence-corrected chi connectivity index (χ2v) is 15.8. The van der Waals surface area contributed by atoms with Gasteiger partial charge in [-0.05, 0) is 52.6 Å². The molecule has 49 heavy (non-hydrogen) atoms. The minimum Gasteiger partial charge on any atom is -0.454 e.